The second-order valence-electron chi connectivity index (χ2n) is 9.25. The number of rotatable bonds is 11. The summed E-state index contributed by atoms with van der Waals surface area (Å²) in [5.74, 6) is 1.91. The maximum Gasteiger partial charge on any atom is 0.322 e. The summed E-state index contributed by atoms with van der Waals surface area (Å²) in [7, 11) is 4.68. The van der Waals surface area contributed by atoms with Crippen molar-refractivity contribution in [2.45, 2.75) is 20.3 Å². The molecule has 1 heterocycles. The van der Waals surface area contributed by atoms with Crippen molar-refractivity contribution in [2.24, 2.45) is 0 Å². The molecule has 0 unspecified atom stereocenters. The molecule has 0 radical (unpaired) electrons. The predicted molar refractivity (Wildman–Crippen MR) is 159 cm³/mol. The van der Waals surface area contributed by atoms with E-state index in [1.54, 1.807) is 37.1 Å². The molecule has 0 fully saturated rings. The third-order valence-corrected chi connectivity index (χ3v) is 6.46. The van der Waals surface area contributed by atoms with Crippen molar-refractivity contribution in [1.82, 2.24) is 14.7 Å². The van der Waals surface area contributed by atoms with Crippen LogP contribution in [0.1, 0.15) is 19.0 Å². The fourth-order valence-corrected chi connectivity index (χ4v) is 4.47. The molecule has 214 valence electrons. The predicted octanol–water partition coefficient (Wildman–Crippen LogP) is 5.76. The van der Waals surface area contributed by atoms with Crippen LogP contribution in [-0.4, -0.2) is 61.0 Å². The van der Waals surface area contributed by atoms with Gasteiger partial charge in [-0.1, -0.05) is 37.3 Å². The number of amides is 3. The van der Waals surface area contributed by atoms with Crippen molar-refractivity contribution in [2.75, 3.05) is 45.1 Å². The highest BCUT2D eigenvalue weighted by molar-refractivity contribution is 5.99. The van der Waals surface area contributed by atoms with Crippen molar-refractivity contribution >= 4 is 23.4 Å². The van der Waals surface area contributed by atoms with E-state index in [0.29, 0.717) is 41.7 Å². The molecule has 0 bridgehead atoms. The zero-order chi connectivity index (χ0) is 29.4. The van der Waals surface area contributed by atoms with Crippen LogP contribution in [0.25, 0.3) is 16.8 Å². The normalized spacial score (nSPS) is 10.6. The zero-order valence-electron chi connectivity index (χ0n) is 23.9. The standard InChI is InChI=1S/C31H35N5O5/c1-6-18-35(31(38)32-26-17-16-25(40-4)19-27(26)41-5)20-28(37)33-30-29(22-10-8-7-9-11-22)21(2)34-36(30)23-12-14-24(39-3)15-13-23/h7-17,19H,6,18,20H2,1-5H3,(H,32,38)(H,33,37). The van der Waals surface area contributed by atoms with Crippen molar-refractivity contribution in [3.05, 3.63) is 78.5 Å². The molecule has 4 rings (SSSR count). The summed E-state index contributed by atoms with van der Waals surface area (Å²) in [4.78, 5) is 28.2. The Bertz CT molecular complexity index is 1490. The first-order valence-corrected chi connectivity index (χ1v) is 13.3. The summed E-state index contributed by atoms with van der Waals surface area (Å²) in [5, 5.41) is 10.6. The number of urea groups is 1. The molecule has 3 amide bonds. The molecule has 10 nitrogen and oxygen atoms in total. The molecule has 0 aliphatic heterocycles. The Kier molecular flexibility index (Phi) is 9.47. The van der Waals surface area contributed by atoms with Crippen LogP contribution in [0.2, 0.25) is 0 Å². The molecule has 0 spiro atoms. The van der Waals surface area contributed by atoms with Crippen LogP contribution in [0, 0.1) is 6.92 Å². The molecular weight excluding hydrogens is 522 g/mol. The SMILES string of the molecule is CCCN(CC(=O)Nc1c(-c2ccccc2)c(C)nn1-c1ccc(OC)cc1)C(=O)Nc1ccc(OC)cc1OC. The number of nitrogens with zero attached hydrogens (tertiary/aromatic N) is 3. The van der Waals surface area contributed by atoms with E-state index in [2.05, 4.69) is 10.6 Å². The summed E-state index contributed by atoms with van der Waals surface area (Å²) < 4.78 is 17.6. The van der Waals surface area contributed by atoms with Crippen LogP contribution in [0.4, 0.5) is 16.3 Å². The molecule has 10 heteroatoms. The van der Waals surface area contributed by atoms with E-state index in [4.69, 9.17) is 19.3 Å². The van der Waals surface area contributed by atoms with Gasteiger partial charge in [0.2, 0.25) is 5.91 Å². The van der Waals surface area contributed by atoms with Gasteiger partial charge in [-0.25, -0.2) is 9.48 Å². The van der Waals surface area contributed by atoms with E-state index >= 15 is 0 Å². The van der Waals surface area contributed by atoms with Crippen LogP contribution in [-0.2, 0) is 4.79 Å². The number of aryl methyl sites for hydroxylation is 1. The highest BCUT2D eigenvalue weighted by atomic mass is 16.5. The van der Waals surface area contributed by atoms with Gasteiger partial charge in [-0.05, 0) is 55.3 Å². The monoisotopic (exact) mass is 557 g/mol. The highest BCUT2D eigenvalue weighted by Gasteiger charge is 2.23. The topological polar surface area (TPSA) is 107 Å². The van der Waals surface area contributed by atoms with Gasteiger partial charge in [0.1, 0.15) is 29.6 Å². The number of methoxy groups -OCH3 is 3. The lowest BCUT2D eigenvalue weighted by Crippen LogP contribution is -2.41. The third kappa shape index (κ3) is 6.78. The van der Waals surface area contributed by atoms with Crippen LogP contribution in [0.3, 0.4) is 0 Å². The summed E-state index contributed by atoms with van der Waals surface area (Å²) >= 11 is 0. The average Bonchev–Trinajstić information content (AvgIpc) is 3.32. The maximum absolute atomic E-state index is 13.5. The average molecular weight is 558 g/mol. The second kappa shape index (κ2) is 13.4. The maximum atomic E-state index is 13.5. The van der Waals surface area contributed by atoms with E-state index in [0.717, 1.165) is 22.5 Å². The number of aromatic nitrogens is 2. The number of anilines is 2. The summed E-state index contributed by atoms with van der Waals surface area (Å²) in [6.07, 6.45) is 0.665. The fraction of sp³-hybridized carbons (Fsp3) is 0.258. The summed E-state index contributed by atoms with van der Waals surface area (Å²) in [5.41, 5.74) is 3.68. The van der Waals surface area contributed by atoms with Gasteiger partial charge in [0.05, 0.1) is 38.4 Å². The van der Waals surface area contributed by atoms with Crippen LogP contribution in [0.15, 0.2) is 72.8 Å². The van der Waals surface area contributed by atoms with Crippen molar-refractivity contribution in [3.63, 3.8) is 0 Å². The number of hydrogen-bond donors (Lipinski definition) is 2. The molecule has 1 aromatic heterocycles. The Morgan fingerprint density at radius 1 is 0.878 bits per heavy atom. The quantitative estimate of drug-likeness (QED) is 0.243. The summed E-state index contributed by atoms with van der Waals surface area (Å²) in [6.45, 7) is 4.05. The second-order valence-corrected chi connectivity index (χ2v) is 9.25. The van der Waals surface area contributed by atoms with Gasteiger partial charge >= 0.3 is 6.03 Å². The minimum absolute atomic E-state index is 0.167. The van der Waals surface area contributed by atoms with Crippen molar-refractivity contribution < 1.29 is 23.8 Å². The molecule has 41 heavy (non-hydrogen) atoms. The van der Waals surface area contributed by atoms with Gasteiger partial charge in [0.25, 0.3) is 0 Å². The van der Waals surface area contributed by atoms with Gasteiger partial charge in [-0.15, -0.1) is 0 Å². The fourth-order valence-electron chi connectivity index (χ4n) is 4.47. The first kappa shape index (κ1) is 29.0. The van der Waals surface area contributed by atoms with E-state index in [1.165, 1.54) is 12.0 Å². The number of nitrogens with one attached hydrogen (secondary N) is 2. The molecule has 0 aliphatic rings. The Morgan fingerprint density at radius 3 is 2.20 bits per heavy atom. The van der Waals surface area contributed by atoms with E-state index in [1.807, 2.05) is 68.4 Å². The zero-order valence-corrected chi connectivity index (χ0v) is 23.9. The number of carbonyl (C=O) groups excluding carboxylic acids is 2. The number of ether oxygens (including phenoxy) is 3. The largest absolute Gasteiger partial charge is 0.497 e. The molecular formula is C31H35N5O5. The molecule has 2 N–H and O–H groups in total. The molecule has 3 aromatic carbocycles. The molecule has 4 aromatic rings. The minimum Gasteiger partial charge on any atom is -0.497 e. The third-order valence-electron chi connectivity index (χ3n) is 6.46. The first-order valence-electron chi connectivity index (χ1n) is 13.3. The number of benzene rings is 3. The van der Waals surface area contributed by atoms with Gasteiger partial charge < -0.3 is 29.7 Å². The van der Waals surface area contributed by atoms with Crippen molar-refractivity contribution in [1.29, 1.82) is 0 Å². The molecule has 0 saturated carbocycles. The lowest BCUT2D eigenvalue weighted by molar-refractivity contribution is -0.116. The van der Waals surface area contributed by atoms with Crippen LogP contribution in [0.5, 0.6) is 17.2 Å². The molecule has 0 saturated heterocycles. The van der Waals surface area contributed by atoms with Crippen molar-refractivity contribution in [3.8, 4) is 34.1 Å². The van der Waals surface area contributed by atoms with Gasteiger partial charge in [0.15, 0.2) is 0 Å². The lowest BCUT2D eigenvalue weighted by atomic mass is 10.1. The highest BCUT2D eigenvalue weighted by Crippen LogP contribution is 2.34. The van der Waals surface area contributed by atoms with E-state index in [9.17, 15) is 9.59 Å². The van der Waals surface area contributed by atoms with Crippen LogP contribution >= 0.6 is 0 Å². The Labute approximate surface area is 239 Å². The van der Waals surface area contributed by atoms with E-state index in [-0.39, 0.29) is 12.5 Å². The van der Waals surface area contributed by atoms with Gasteiger partial charge in [-0.3, -0.25) is 4.79 Å². The van der Waals surface area contributed by atoms with Gasteiger partial charge in [-0.2, -0.15) is 5.10 Å². The smallest absolute Gasteiger partial charge is 0.322 e. The first-order chi connectivity index (χ1) is 19.9. The molecule has 0 atom stereocenters. The lowest BCUT2D eigenvalue weighted by Gasteiger charge is -2.23. The van der Waals surface area contributed by atoms with Gasteiger partial charge in [0, 0.05) is 18.2 Å². The van der Waals surface area contributed by atoms with Crippen LogP contribution < -0.4 is 24.8 Å². The number of hydrogen-bond acceptors (Lipinski definition) is 6. The Morgan fingerprint density at radius 2 is 1.56 bits per heavy atom. The Hall–Kier alpha value is -4.99. The van der Waals surface area contributed by atoms with E-state index < -0.39 is 6.03 Å². The Balaban J connectivity index is 1.61. The minimum atomic E-state index is -0.423. The number of carbonyl (C=O) groups is 2. The molecule has 0 aliphatic carbocycles. The summed E-state index contributed by atoms with van der Waals surface area (Å²) in [6, 6.07) is 21.8.